The standard InChI is InChI=1S/C14H26N2O/c1-10(2)16-9-11-8-15(14(3,4)5)7-6-12(11)13(16)17/h10-12H,6-9H2,1-5H3. The molecule has 2 rings (SSSR count). The molecule has 3 nitrogen and oxygen atoms in total. The Hall–Kier alpha value is -0.570. The number of rotatable bonds is 1. The molecule has 0 aliphatic carbocycles. The Kier molecular flexibility index (Phi) is 3.23. The highest BCUT2D eigenvalue weighted by atomic mass is 16.2. The highest BCUT2D eigenvalue weighted by molar-refractivity contribution is 5.81. The summed E-state index contributed by atoms with van der Waals surface area (Å²) < 4.78 is 0. The van der Waals surface area contributed by atoms with Crippen LogP contribution in [0, 0.1) is 11.8 Å². The molecule has 98 valence electrons. The van der Waals surface area contributed by atoms with E-state index in [1.54, 1.807) is 0 Å². The first-order chi connectivity index (χ1) is 7.80. The quantitative estimate of drug-likeness (QED) is 0.697. The van der Waals surface area contributed by atoms with Crippen LogP contribution in [0.25, 0.3) is 0 Å². The number of hydrogen-bond acceptors (Lipinski definition) is 2. The molecule has 0 aromatic rings. The predicted octanol–water partition coefficient (Wildman–Crippen LogP) is 1.97. The van der Waals surface area contributed by atoms with Crippen molar-refractivity contribution in [2.24, 2.45) is 11.8 Å². The summed E-state index contributed by atoms with van der Waals surface area (Å²) in [6.07, 6.45) is 1.05. The van der Waals surface area contributed by atoms with Gasteiger partial charge in [0.15, 0.2) is 0 Å². The number of carbonyl (C=O) groups excluding carboxylic acids is 1. The molecule has 2 saturated heterocycles. The Bertz CT molecular complexity index is 306. The highest BCUT2D eigenvalue weighted by Crippen LogP contribution is 2.35. The van der Waals surface area contributed by atoms with Gasteiger partial charge in [-0.1, -0.05) is 0 Å². The van der Waals surface area contributed by atoms with E-state index >= 15 is 0 Å². The Morgan fingerprint density at radius 3 is 2.41 bits per heavy atom. The zero-order valence-corrected chi connectivity index (χ0v) is 11.9. The largest absolute Gasteiger partial charge is 0.340 e. The fourth-order valence-electron chi connectivity index (χ4n) is 3.17. The maximum absolute atomic E-state index is 12.2. The van der Waals surface area contributed by atoms with Crippen LogP contribution in [-0.2, 0) is 4.79 Å². The van der Waals surface area contributed by atoms with Gasteiger partial charge in [0.2, 0.25) is 5.91 Å². The topological polar surface area (TPSA) is 23.6 Å². The van der Waals surface area contributed by atoms with Gasteiger partial charge in [-0.15, -0.1) is 0 Å². The summed E-state index contributed by atoms with van der Waals surface area (Å²) in [5.74, 6) is 1.26. The fraction of sp³-hybridized carbons (Fsp3) is 0.929. The van der Waals surface area contributed by atoms with E-state index in [-0.39, 0.29) is 5.54 Å². The fourth-order valence-corrected chi connectivity index (χ4v) is 3.17. The van der Waals surface area contributed by atoms with Gasteiger partial charge in [-0.3, -0.25) is 9.69 Å². The zero-order chi connectivity index (χ0) is 12.8. The minimum absolute atomic E-state index is 0.235. The lowest BCUT2D eigenvalue weighted by Crippen LogP contribution is -2.49. The van der Waals surface area contributed by atoms with Crippen molar-refractivity contribution < 1.29 is 4.79 Å². The molecule has 2 fully saturated rings. The van der Waals surface area contributed by atoms with Crippen molar-refractivity contribution in [3.63, 3.8) is 0 Å². The van der Waals surface area contributed by atoms with E-state index in [0.717, 1.165) is 26.1 Å². The third kappa shape index (κ3) is 2.35. The molecule has 2 heterocycles. The number of fused-ring (bicyclic) bond motifs is 1. The molecular formula is C14H26N2O. The van der Waals surface area contributed by atoms with E-state index in [1.165, 1.54) is 0 Å². The summed E-state index contributed by atoms with van der Waals surface area (Å²) in [4.78, 5) is 16.8. The molecule has 2 aliphatic rings. The molecule has 0 aromatic heterocycles. The number of likely N-dealkylation sites (tertiary alicyclic amines) is 2. The number of carbonyl (C=O) groups is 1. The van der Waals surface area contributed by atoms with Gasteiger partial charge in [-0.25, -0.2) is 0 Å². The predicted molar refractivity (Wildman–Crippen MR) is 69.8 cm³/mol. The van der Waals surface area contributed by atoms with Gasteiger partial charge < -0.3 is 4.90 Å². The van der Waals surface area contributed by atoms with E-state index in [0.29, 0.717) is 23.8 Å². The van der Waals surface area contributed by atoms with E-state index in [9.17, 15) is 4.79 Å². The number of piperidine rings is 1. The average molecular weight is 238 g/mol. The van der Waals surface area contributed by atoms with Crippen LogP contribution in [0.2, 0.25) is 0 Å². The van der Waals surface area contributed by atoms with Gasteiger partial charge in [0, 0.05) is 36.5 Å². The molecule has 0 aromatic carbocycles. The molecule has 2 unspecified atom stereocenters. The first-order valence-corrected chi connectivity index (χ1v) is 6.86. The monoisotopic (exact) mass is 238 g/mol. The minimum Gasteiger partial charge on any atom is -0.340 e. The minimum atomic E-state index is 0.235. The van der Waals surface area contributed by atoms with Crippen molar-refractivity contribution in [3.05, 3.63) is 0 Å². The summed E-state index contributed by atoms with van der Waals surface area (Å²) in [6, 6.07) is 0.358. The van der Waals surface area contributed by atoms with Gasteiger partial charge in [0.05, 0.1) is 0 Å². The second-order valence-corrected chi connectivity index (χ2v) is 6.86. The van der Waals surface area contributed by atoms with Crippen LogP contribution in [0.5, 0.6) is 0 Å². The van der Waals surface area contributed by atoms with Crippen LogP contribution < -0.4 is 0 Å². The Labute approximate surface area is 105 Å². The highest BCUT2D eigenvalue weighted by Gasteiger charge is 2.45. The van der Waals surface area contributed by atoms with Crippen LogP contribution >= 0.6 is 0 Å². The third-order valence-corrected chi connectivity index (χ3v) is 4.34. The van der Waals surface area contributed by atoms with Crippen molar-refractivity contribution in [3.8, 4) is 0 Å². The summed E-state index contributed by atoms with van der Waals surface area (Å²) in [7, 11) is 0. The lowest BCUT2D eigenvalue weighted by molar-refractivity contribution is -0.133. The van der Waals surface area contributed by atoms with Crippen molar-refractivity contribution in [2.45, 2.75) is 52.6 Å². The van der Waals surface area contributed by atoms with E-state index in [1.807, 2.05) is 0 Å². The SMILES string of the molecule is CC(C)N1CC2CN(C(C)(C)C)CCC2C1=O. The summed E-state index contributed by atoms with van der Waals surface area (Å²) in [5.41, 5.74) is 0.235. The molecule has 0 radical (unpaired) electrons. The maximum Gasteiger partial charge on any atom is 0.226 e. The van der Waals surface area contributed by atoms with Crippen LogP contribution in [0.1, 0.15) is 41.0 Å². The first-order valence-electron chi connectivity index (χ1n) is 6.86. The third-order valence-electron chi connectivity index (χ3n) is 4.34. The van der Waals surface area contributed by atoms with Crippen molar-refractivity contribution in [2.75, 3.05) is 19.6 Å². The average Bonchev–Trinajstić information content (AvgIpc) is 2.54. The van der Waals surface area contributed by atoms with Crippen LogP contribution in [0.4, 0.5) is 0 Å². The molecule has 0 spiro atoms. The molecule has 1 amide bonds. The van der Waals surface area contributed by atoms with Crippen molar-refractivity contribution in [1.82, 2.24) is 9.80 Å². The van der Waals surface area contributed by atoms with Crippen LogP contribution in [0.15, 0.2) is 0 Å². The number of hydrogen-bond donors (Lipinski definition) is 0. The Morgan fingerprint density at radius 1 is 1.24 bits per heavy atom. The van der Waals surface area contributed by atoms with Gasteiger partial charge in [0.1, 0.15) is 0 Å². The maximum atomic E-state index is 12.2. The van der Waals surface area contributed by atoms with Crippen molar-refractivity contribution in [1.29, 1.82) is 0 Å². The lowest BCUT2D eigenvalue weighted by atomic mass is 9.86. The van der Waals surface area contributed by atoms with Crippen molar-refractivity contribution >= 4 is 5.91 Å². The Morgan fingerprint density at radius 2 is 1.88 bits per heavy atom. The van der Waals surface area contributed by atoms with Crippen LogP contribution in [-0.4, -0.2) is 46.9 Å². The Balaban J connectivity index is 2.07. The molecule has 2 atom stereocenters. The second kappa shape index (κ2) is 4.27. The molecule has 0 N–H and O–H groups in total. The molecule has 2 aliphatic heterocycles. The van der Waals surface area contributed by atoms with E-state index in [2.05, 4.69) is 44.4 Å². The molecule has 17 heavy (non-hydrogen) atoms. The first kappa shape index (κ1) is 12.9. The van der Waals surface area contributed by atoms with Crippen LogP contribution in [0.3, 0.4) is 0 Å². The summed E-state index contributed by atoms with van der Waals surface area (Å²) in [5, 5.41) is 0. The second-order valence-electron chi connectivity index (χ2n) is 6.86. The van der Waals surface area contributed by atoms with Gasteiger partial charge in [-0.2, -0.15) is 0 Å². The normalized spacial score (nSPS) is 31.2. The zero-order valence-electron chi connectivity index (χ0n) is 11.9. The molecule has 0 saturated carbocycles. The van der Waals surface area contributed by atoms with Gasteiger partial charge >= 0.3 is 0 Å². The lowest BCUT2D eigenvalue weighted by Gasteiger charge is -2.42. The van der Waals surface area contributed by atoms with Gasteiger partial charge in [-0.05, 0) is 47.6 Å². The summed E-state index contributed by atoms with van der Waals surface area (Å²) in [6.45, 7) is 14.2. The van der Waals surface area contributed by atoms with E-state index < -0.39 is 0 Å². The smallest absolute Gasteiger partial charge is 0.226 e. The van der Waals surface area contributed by atoms with Gasteiger partial charge in [0.25, 0.3) is 0 Å². The molecular weight excluding hydrogens is 212 g/mol. The summed E-state index contributed by atoms with van der Waals surface area (Å²) >= 11 is 0. The molecule has 3 heteroatoms. The molecule has 0 bridgehead atoms. The number of amides is 1. The van der Waals surface area contributed by atoms with E-state index in [4.69, 9.17) is 0 Å². The number of nitrogens with zero attached hydrogens (tertiary/aromatic N) is 2.